The van der Waals surface area contributed by atoms with Crippen molar-refractivity contribution >= 4 is 16.0 Å². The number of aliphatic carboxylic acids is 1. The Morgan fingerprint density at radius 1 is 1.33 bits per heavy atom. The second-order valence-electron chi connectivity index (χ2n) is 4.57. The quantitative estimate of drug-likeness (QED) is 0.898. The van der Waals surface area contributed by atoms with Crippen molar-refractivity contribution in [2.75, 3.05) is 6.54 Å². The lowest BCUT2D eigenvalue weighted by Crippen LogP contribution is -2.50. The number of rotatable bonds is 3. The fourth-order valence-corrected chi connectivity index (χ4v) is 4.08. The third-order valence-electron chi connectivity index (χ3n) is 3.37. The molecule has 18 heavy (non-hydrogen) atoms. The summed E-state index contributed by atoms with van der Waals surface area (Å²) in [6, 6.07) is 7.94. The first-order valence-corrected chi connectivity index (χ1v) is 7.14. The molecule has 1 aromatic rings. The normalized spacial score (nSPS) is 25.2. The number of hydrogen-bond donors (Lipinski definition) is 1. The minimum atomic E-state index is -3.74. The van der Waals surface area contributed by atoms with Crippen molar-refractivity contribution in [3.8, 4) is 0 Å². The molecule has 0 bridgehead atoms. The van der Waals surface area contributed by atoms with E-state index in [-0.39, 0.29) is 11.4 Å². The van der Waals surface area contributed by atoms with Crippen molar-refractivity contribution in [2.24, 2.45) is 0 Å². The molecule has 1 saturated heterocycles. The van der Waals surface area contributed by atoms with Crippen LogP contribution in [0.3, 0.4) is 0 Å². The zero-order chi connectivity index (χ0) is 13.4. The van der Waals surface area contributed by atoms with E-state index in [0.717, 1.165) is 4.31 Å². The lowest BCUT2D eigenvalue weighted by atomic mass is 10.0. The summed E-state index contributed by atoms with van der Waals surface area (Å²) in [7, 11) is -3.74. The maximum absolute atomic E-state index is 12.4. The first kappa shape index (κ1) is 13.0. The highest BCUT2D eigenvalue weighted by atomic mass is 32.2. The molecule has 0 aliphatic carbocycles. The van der Waals surface area contributed by atoms with E-state index in [4.69, 9.17) is 0 Å². The topological polar surface area (TPSA) is 74.7 Å². The molecule has 1 atom stereocenters. The summed E-state index contributed by atoms with van der Waals surface area (Å²) in [5.41, 5.74) is -1.34. The number of benzene rings is 1. The first-order valence-electron chi connectivity index (χ1n) is 5.70. The van der Waals surface area contributed by atoms with Gasteiger partial charge in [-0.05, 0) is 31.9 Å². The van der Waals surface area contributed by atoms with Gasteiger partial charge in [0.15, 0.2) is 0 Å². The van der Waals surface area contributed by atoms with Gasteiger partial charge in [0.25, 0.3) is 0 Å². The molecule has 5 nitrogen and oxygen atoms in total. The second-order valence-corrected chi connectivity index (χ2v) is 6.44. The molecule has 1 heterocycles. The van der Waals surface area contributed by atoms with Gasteiger partial charge in [-0.2, -0.15) is 4.31 Å². The van der Waals surface area contributed by atoms with E-state index >= 15 is 0 Å². The zero-order valence-corrected chi connectivity index (χ0v) is 10.9. The fourth-order valence-electron chi connectivity index (χ4n) is 2.26. The van der Waals surface area contributed by atoms with Gasteiger partial charge in [0, 0.05) is 6.54 Å². The number of carboxylic acids is 1. The molecule has 2 rings (SSSR count). The van der Waals surface area contributed by atoms with Crippen LogP contribution in [0.1, 0.15) is 19.8 Å². The molecule has 1 aromatic carbocycles. The van der Waals surface area contributed by atoms with Crippen LogP contribution >= 0.6 is 0 Å². The minimum Gasteiger partial charge on any atom is -0.480 e. The largest absolute Gasteiger partial charge is 0.480 e. The average molecular weight is 269 g/mol. The van der Waals surface area contributed by atoms with Crippen LogP contribution in [-0.4, -0.2) is 35.9 Å². The Kier molecular flexibility index (Phi) is 3.16. The van der Waals surface area contributed by atoms with Gasteiger partial charge < -0.3 is 5.11 Å². The van der Waals surface area contributed by atoms with E-state index in [1.807, 2.05) is 0 Å². The molecular weight excluding hydrogens is 254 g/mol. The van der Waals surface area contributed by atoms with E-state index in [2.05, 4.69) is 0 Å². The summed E-state index contributed by atoms with van der Waals surface area (Å²) in [5.74, 6) is -1.10. The van der Waals surface area contributed by atoms with E-state index in [9.17, 15) is 18.3 Å². The molecule has 1 aliphatic rings. The van der Waals surface area contributed by atoms with Crippen molar-refractivity contribution < 1.29 is 18.3 Å². The Morgan fingerprint density at radius 2 is 1.94 bits per heavy atom. The van der Waals surface area contributed by atoms with Gasteiger partial charge in [-0.1, -0.05) is 18.2 Å². The van der Waals surface area contributed by atoms with Crippen LogP contribution in [0, 0.1) is 0 Å². The molecule has 1 aliphatic heterocycles. The fraction of sp³-hybridized carbons (Fsp3) is 0.417. The van der Waals surface area contributed by atoms with E-state index in [0.29, 0.717) is 12.8 Å². The molecule has 0 amide bonds. The number of nitrogens with zero attached hydrogens (tertiary/aromatic N) is 1. The van der Waals surface area contributed by atoms with Gasteiger partial charge in [0.05, 0.1) is 4.90 Å². The molecule has 0 unspecified atom stereocenters. The maximum Gasteiger partial charge on any atom is 0.324 e. The van der Waals surface area contributed by atoms with Crippen LogP contribution in [-0.2, 0) is 14.8 Å². The molecule has 6 heteroatoms. The molecule has 1 N–H and O–H groups in total. The third-order valence-corrected chi connectivity index (χ3v) is 5.40. The first-order chi connectivity index (χ1) is 8.39. The standard InChI is InChI=1S/C12H15NO4S/c1-12(11(14)15)8-5-9-13(12)18(16,17)10-6-3-2-4-7-10/h2-4,6-7H,5,8-9H2,1H3,(H,14,15)/t12-/m0/s1. The van der Waals surface area contributed by atoms with Crippen LogP contribution < -0.4 is 0 Å². The van der Waals surface area contributed by atoms with E-state index in [1.54, 1.807) is 18.2 Å². The highest BCUT2D eigenvalue weighted by Gasteiger charge is 2.49. The average Bonchev–Trinajstić information content (AvgIpc) is 2.75. The Labute approximate surface area is 106 Å². The lowest BCUT2D eigenvalue weighted by Gasteiger charge is -2.30. The summed E-state index contributed by atoms with van der Waals surface area (Å²) in [6.45, 7) is 1.71. The molecule has 0 radical (unpaired) electrons. The summed E-state index contributed by atoms with van der Waals surface area (Å²) in [4.78, 5) is 11.4. The van der Waals surface area contributed by atoms with Crippen LogP contribution in [0.15, 0.2) is 35.2 Å². The van der Waals surface area contributed by atoms with Gasteiger partial charge in [0.1, 0.15) is 5.54 Å². The van der Waals surface area contributed by atoms with Crippen LogP contribution in [0.2, 0.25) is 0 Å². The van der Waals surface area contributed by atoms with Gasteiger partial charge in [-0.15, -0.1) is 0 Å². The number of carboxylic acid groups (broad SMARTS) is 1. The number of carbonyl (C=O) groups is 1. The molecule has 1 fully saturated rings. The monoisotopic (exact) mass is 269 g/mol. The van der Waals surface area contributed by atoms with E-state index < -0.39 is 21.5 Å². The van der Waals surface area contributed by atoms with Crippen molar-refractivity contribution in [2.45, 2.75) is 30.2 Å². The summed E-state index contributed by atoms with van der Waals surface area (Å²) < 4.78 is 25.9. The zero-order valence-electron chi connectivity index (χ0n) is 10.0. The highest BCUT2D eigenvalue weighted by Crippen LogP contribution is 2.34. The Balaban J connectivity index is 2.46. The van der Waals surface area contributed by atoms with Gasteiger partial charge in [-0.25, -0.2) is 8.42 Å². The number of sulfonamides is 1. The third kappa shape index (κ3) is 1.91. The Bertz CT molecular complexity index is 555. The van der Waals surface area contributed by atoms with Crippen LogP contribution in [0.25, 0.3) is 0 Å². The summed E-state index contributed by atoms with van der Waals surface area (Å²) in [5, 5.41) is 9.25. The molecule has 0 aromatic heterocycles. The Hall–Kier alpha value is -1.40. The van der Waals surface area contributed by atoms with Gasteiger partial charge in [0.2, 0.25) is 10.0 Å². The summed E-state index contributed by atoms with van der Waals surface area (Å²) >= 11 is 0. The lowest BCUT2D eigenvalue weighted by molar-refractivity contribution is -0.146. The van der Waals surface area contributed by atoms with Gasteiger partial charge >= 0.3 is 5.97 Å². The molecule has 0 spiro atoms. The van der Waals surface area contributed by atoms with Crippen LogP contribution in [0.4, 0.5) is 0 Å². The van der Waals surface area contributed by atoms with Crippen molar-refractivity contribution in [3.05, 3.63) is 30.3 Å². The SMILES string of the molecule is C[C@@]1(C(=O)O)CCCN1S(=O)(=O)c1ccccc1. The highest BCUT2D eigenvalue weighted by molar-refractivity contribution is 7.89. The van der Waals surface area contributed by atoms with Crippen LogP contribution in [0.5, 0.6) is 0 Å². The molecule has 98 valence electrons. The van der Waals surface area contributed by atoms with Crippen molar-refractivity contribution in [1.82, 2.24) is 4.31 Å². The van der Waals surface area contributed by atoms with Crippen molar-refractivity contribution in [1.29, 1.82) is 0 Å². The smallest absolute Gasteiger partial charge is 0.324 e. The molecular formula is C12H15NO4S. The van der Waals surface area contributed by atoms with E-state index in [1.165, 1.54) is 19.1 Å². The maximum atomic E-state index is 12.4. The van der Waals surface area contributed by atoms with Gasteiger partial charge in [-0.3, -0.25) is 4.79 Å². The second kappa shape index (κ2) is 4.37. The van der Waals surface area contributed by atoms with Crippen molar-refractivity contribution in [3.63, 3.8) is 0 Å². The number of hydrogen-bond acceptors (Lipinski definition) is 3. The summed E-state index contributed by atoms with van der Waals surface area (Å²) in [6.07, 6.45) is 0.906. The predicted octanol–water partition coefficient (Wildman–Crippen LogP) is 1.31. The minimum absolute atomic E-state index is 0.138. The predicted molar refractivity (Wildman–Crippen MR) is 65.6 cm³/mol. The Morgan fingerprint density at radius 3 is 2.50 bits per heavy atom. The molecule has 0 saturated carbocycles.